The highest BCUT2D eigenvalue weighted by Gasteiger charge is 2.21. The van der Waals surface area contributed by atoms with E-state index in [4.69, 9.17) is 10.8 Å². The summed E-state index contributed by atoms with van der Waals surface area (Å²) in [4.78, 5) is 21.3. The molecule has 18 heavy (non-hydrogen) atoms. The average Bonchev–Trinajstić information content (AvgIpc) is 2.30. The zero-order valence-corrected chi connectivity index (χ0v) is 11.1. The van der Waals surface area contributed by atoms with Gasteiger partial charge in [-0.2, -0.15) is 0 Å². The van der Waals surface area contributed by atoms with E-state index in [0.717, 1.165) is 0 Å². The number of nitrogens with two attached hydrogens (primary N) is 1. The zero-order chi connectivity index (χ0) is 13.7. The van der Waals surface area contributed by atoms with Gasteiger partial charge in [0.15, 0.2) is 0 Å². The standard InChI is InChI=1S/C11H13BrN2O4/c12-10-7(2-1-3-9(10)14(17)18)6-8(4-5-13)11(15)16/h1-3,8H,4-6,13H2,(H,15,16). The van der Waals surface area contributed by atoms with Crippen molar-refractivity contribution in [1.29, 1.82) is 0 Å². The summed E-state index contributed by atoms with van der Waals surface area (Å²) in [5, 5.41) is 19.8. The second-order valence-corrected chi connectivity index (χ2v) is 4.62. The van der Waals surface area contributed by atoms with Crippen LogP contribution in [0, 0.1) is 16.0 Å². The van der Waals surface area contributed by atoms with Crippen LogP contribution in [0.2, 0.25) is 0 Å². The van der Waals surface area contributed by atoms with Crippen molar-refractivity contribution in [3.8, 4) is 0 Å². The molecule has 1 atom stereocenters. The van der Waals surface area contributed by atoms with Crippen LogP contribution in [0.1, 0.15) is 12.0 Å². The summed E-state index contributed by atoms with van der Waals surface area (Å²) in [6, 6.07) is 4.58. The molecule has 3 N–H and O–H groups in total. The summed E-state index contributed by atoms with van der Waals surface area (Å²) in [5.41, 5.74) is 5.89. The van der Waals surface area contributed by atoms with E-state index in [-0.39, 0.29) is 18.7 Å². The van der Waals surface area contributed by atoms with Gasteiger partial charge in [0.25, 0.3) is 5.69 Å². The topological polar surface area (TPSA) is 106 Å². The van der Waals surface area contributed by atoms with E-state index in [0.29, 0.717) is 16.5 Å². The molecule has 0 aliphatic heterocycles. The van der Waals surface area contributed by atoms with Crippen molar-refractivity contribution >= 4 is 27.6 Å². The largest absolute Gasteiger partial charge is 0.481 e. The highest BCUT2D eigenvalue weighted by Crippen LogP contribution is 2.30. The predicted octanol–water partition coefficient (Wildman–Crippen LogP) is 1.95. The lowest BCUT2D eigenvalue weighted by Crippen LogP contribution is -2.20. The Bertz CT molecular complexity index is 464. The van der Waals surface area contributed by atoms with Gasteiger partial charge in [-0.25, -0.2) is 0 Å². The predicted molar refractivity (Wildman–Crippen MR) is 69.3 cm³/mol. The summed E-state index contributed by atoms with van der Waals surface area (Å²) in [6.07, 6.45) is 0.555. The molecule has 1 rings (SSSR count). The maximum atomic E-state index is 11.0. The van der Waals surface area contributed by atoms with Gasteiger partial charge in [0.05, 0.1) is 15.3 Å². The monoisotopic (exact) mass is 316 g/mol. The summed E-state index contributed by atoms with van der Waals surface area (Å²) in [5.74, 6) is -1.58. The first kappa shape index (κ1) is 14.6. The Labute approximate surface area is 112 Å². The molecule has 0 bridgehead atoms. The van der Waals surface area contributed by atoms with Crippen molar-refractivity contribution in [3.63, 3.8) is 0 Å². The van der Waals surface area contributed by atoms with E-state index < -0.39 is 16.8 Å². The first-order valence-corrected chi connectivity index (χ1v) is 6.11. The Morgan fingerprint density at radius 3 is 2.72 bits per heavy atom. The van der Waals surface area contributed by atoms with Crippen molar-refractivity contribution < 1.29 is 14.8 Å². The summed E-state index contributed by atoms with van der Waals surface area (Å²) in [6.45, 7) is 0.267. The number of halogens is 1. The Hall–Kier alpha value is -1.47. The number of nitro benzene ring substituents is 1. The van der Waals surface area contributed by atoms with E-state index in [9.17, 15) is 14.9 Å². The molecule has 6 nitrogen and oxygen atoms in total. The lowest BCUT2D eigenvalue weighted by Gasteiger charge is -2.12. The van der Waals surface area contributed by atoms with Crippen LogP contribution in [0.4, 0.5) is 5.69 Å². The Morgan fingerprint density at radius 2 is 2.22 bits per heavy atom. The molecule has 0 heterocycles. The lowest BCUT2D eigenvalue weighted by molar-refractivity contribution is -0.385. The molecular formula is C11H13BrN2O4. The second-order valence-electron chi connectivity index (χ2n) is 3.82. The number of benzene rings is 1. The van der Waals surface area contributed by atoms with E-state index in [2.05, 4.69) is 15.9 Å². The summed E-state index contributed by atoms with van der Waals surface area (Å²) < 4.78 is 0.332. The molecule has 0 aliphatic rings. The molecule has 1 unspecified atom stereocenters. The van der Waals surface area contributed by atoms with E-state index in [1.807, 2.05) is 0 Å². The molecule has 0 amide bonds. The van der Waals surface area contributed by atoms with Gasteiger partial charge in [0, 0.05) is 6.07 Å². The highest BCUT2D eigenvalue weighted by atomic mass is 79.9. The minimum Gasteiger partial charge on any atom is -0.481 e. The summed E-state index contributed by atoms with van der Waals surface area (Å²) in [7, 11) is 0. The number of carboxylic acids is 1. The molecule has 0 aliphatic carbocycles. The van der Waals surface area contributed by atoms with Crippen molar-refractivity contribution in [2.45, 2.75) is 12.8 Å². The Balaban J connectivity index is 2.99. The highest BCUT2D eigenvalue weighted by molar-refractivity contribution is 9.10. The third-order valence-electron chi connectivity index (χ3n) is 2.59. The molecule has 0 aromatic heterocycles. The van der Waals surface area contributed by atoms with Crippen LogP contribution >= 0.6 is 15.9 Å². The van der Waals surface area contributed by atoms with Crippen molar-refractivity contribution in [2.24, 2.45) is 11.7 Å². The van der Waals surface area contributed by atoms with Gasteiger partial charge in [-0.3, -0.25) is 14.9 Å². The Morgan fingerprint density at radius 1 is 1.56 bits per heavy atom. The number of carboxylic acid groups (broad SMARTS) is 1. The lowest BCUT2D eigenvalue weighted by atomic mass is 9.96. The van der Waals surface area contributed by atoms with Crippen molar-refractivity contribution in [3.05, 3.63) is 38.3 Å². The quantitative estimate of drug-likeness (QED) is 0.616. The van der Waals surface area contributed by atoms with Crippen LogP contribution in [-0.4, -0.2) is 22.5 Å². The fourth-order valence-corrected chi connectivity index (χ4v) is 2.22. The van der Waals surface area contributed by atoms with E-state index in [1.165, 1.54) is 6.07 Å². The van der Waals surface area contributed by atoms with Crippen LogP contribution in [0.25, 0.3) is 0 Å². The maximum absolute atomic E-state index is 11.0. The zero-order valence-electron chi connectivity index (χ0n) is 9.51. The molecule has 1 aromatic rings. The van der Waals surface area contributed by atoms with E-state index in [1.54, 1.807) is 12.1 Å². The van der Waals surface area contributed by atoms with Crippen LogP contribution in [0.3, 0.4) is 0 Å². The number of aliphatic carboxylic acids is 1. The van der Waals surface area contributed by atoms with Gasteiger partial charge < -0.3 is 10.8 Å². The molecule has 0 spiro atoms. The van der Waals surface area contributed by atoms with Crippen LogP contribution in [-0.2, 0) is 11.2 Å². The fraction of sp³-hybridized carbons (Fsp3) is 0.364. The van der Waals surface area contributed by atoms with E-state index >= 15 is 0 Å². The van der Waals surface area contributed by atoms with Gasteiger partial charge >= 0.3 is 5.97 Å². The molecule has 0 saturated carbocycles. The molecule has 1 aromatic carbocycles. The normalized spacial score (nSPS) is 12.1. The average molecular weight is 317 g/mol. The molecule has 98 valence electrons. The number of nitrogens with zero attached hydrogens (tertiary/aromatic N) is 1. The molecule has 0 radical (unpaired) electrons. The number of carbonyl (C=O) groups is 1. The third-order valence-corrected chi connectivity index (χ3v) is 3.50. The molecule has 7 heteroatoms. The molecular weight excluding hydrogens is 304 g/mol. The smallest absolute Gasteiger partial charge is 0.306 e. The maximum Gasteiger partial charge on any atom is 0.306 e. The minimum atomic E-state index is -0.946. The third kappa shape index (κ3) is 3.51. The second kappa shape index (κ2) is 6.46. The van der Waals surface area contributed by atoms with Crippen molar-refractivity contribution in [1.82, 2.24) is 0 Å². The summed E-state index contributed by atoms with van der Waals surface area (Å²) >= 11 is 3.14. The van der Waals surface area contributed by atoms with Crippen molar-refractivity contribution in [2.75, 3.05) is 6.54 Å². The number of nitro groups is 1. The van der Waals surface area contributed by atoms with Crippen LogP contribution < -0.4 is 5.73 Å². The SMILES string of the molecule is NCCC(Cc1cccc([N+](=O)[O-])c1Br)C(=O)O. The Kier molecular flexibility index (Phi) is 5.24. The van der Waals surface area contributed by atoms with Gasteiger partial charge in [0.2, 0.25) is 0 Å². The minimum absolute atomic E-state index is 0.0654. The number of hydrogen-bond donors (Lipinski definition) is 2. The first-order chi connectivity index (χ1) is 8.47. The van der Waals surface area contributed by atoms with Gasteiger partial charge in [-0.1, -0.05) is 12.1 Å². The fourth-order valence-electron chi connectivity index (χ4n) is 1.64. The molecule has 0 saturated heterocycles. The number of rotatable bonds is 6. The van der Waals surface area contributed by atoms with Gasteiger partial charge in [0.1, 0.15) is 0 Å². The van der Waals surface area contributed by atoms with Gasteiger partial charge in [-0.05, 0) is 40.9 Å². The van der Waals surface area contributed by atoms with Crippen LogP contribution in [0.5, 0.6) is 0 Å². The van der Waals surface area contributed by atoms with Gasteiger partial charge in [-0.15, -0.1) is 0 Å². The number of hydrogen-bond acceptors (Lipinski definition) is 4. The molecule has 0 fully saturated rings. The first-order valence-electron chi connectivity index (χ1n) is 5.32. The van der Waals surface area contributed by atoms with Crippen LogP contribution in [0.15, 0.2) is 22.7 Å².